The Kier molecular flexibility index (Phi) is 3.93. The van der Waals surface area contributed by atoms with Gasteiger partial charge in [-0.15, -0.1) is 0 Å². The van der Waals surface area contributed by atoms with Crippen LogP contribution >= 0.6 is 0 Å². The van der Waals surface area contributed by atoms with E-state index in [1.54, 1.807) is 6.20 Å². The summed E-state index contributed by atoms with van der Waals surface area (Å²) >= 11 is 0. The van der Waals surface area contributed by atoms with Gasteiger partial charge in [0.15, 0.2) is 0 Å². The molecule has 1 heterocycles. The average molecular weight is 258 g/mol. The molecule has 0 aliphatic heterocycles. The molecule has 0 atom stereocenters. The molecule has 0 radical (unpaired) electrons. The fourth-order valence-corrected chi connectivity index (χ4v) is 1.94. The number of hydrogen-bond acceptors (Lipinski definition) is 3. The van der Waals surface area contributed by atoms with Crippen molar-refractivity contribution in [1.29, 1.82) is 5.26 Å². The maximum absolute atomic E-state index is 13.2. The molecule has 2 aromatic rings. The van der Waals surface area contributed by atoms with Crippen LogP contribution in [0.3, 0.4) is 0 Å². The van der Waals surface area contributed by atoms with E-state index in [1.807, 2.05) is 29.8 Å². The molecule has 1 aromatic carbocycles. The van der Waals surface area contributed by atoms with Gasteiger partial charge in [0.05, 0.1) is 18.2 Å². The quantitative estimate of drug-likeness (QED) is 0.843. The Bertz CT molecular complexity index is 612. The van der Waals surface area contributed by atoms with Crippen molar-refractivity contribution in [3.05, 3.63) is 53.4 Å². The summed E-state index contributed by atoms with van der Waals surface area (Å²) in [6, 6.07) is 6.31. The smallest absolute Gasteiger partial charge is 0.123 e. The fraction of sp³-hybridized carbons (Fsp3) is 0.286. The van der Waals surface area contributed by atoms with Gasteiger partial charge in [0.25, 0.3) is 0 Å². The van der Waals surface area contributed by atoms with E-state index < -0.39 is 0 Å². The van der Waals surface area contributed by atoms with Crippen molar-refractivity contribution in [2.75, 3.05) is 7.05 Å². The molecule has 0 aliphatic rings. The molecule has 0 fully saturated rings. The van der Waals surface area contributed by atoms with Crippen LogP contribution in [0.2, 0.25) is 0 Å². The molecule has 98 valence electrons. The molecule has 2 rings (SSSR count). The Labute approximate surface area is 111 Å². The van der Waals surface area contributed by atoms with Crippen molar-refractivity contribution in [2.45, 2.75) is 13.1 Å². The number of aromatic nitrogens is 2. The van der Waals surface area contributed by atoms with Crippen LogP contribution in [0.4, 0.5) is 4.39 Å². The van der Waals surface area contributed by atoms with Crippen molar-refractivity contribution in [1.82, 2.24) is 14.5 Å². The Balaban J connectivity index is 2.11. The van der Waals surface area contributed by atoms with Crippen molar-refractivity contribution in [2.24, 2.45) is 7.05 Å². The highest BCUT2D eigenvalue weighted by molar-refractivity contribution is 5.37. The van der Waals surface area contributed by atoms with Gasteiger partial charge in [-0.25, -0.2) is 9.37 Å². The summed E-state index contributed by atoms with van der Waals surface area (Å²) in [5.74, 6) is 0.608. The van der Waals surface area contributed by atoms with E-state index in [0.717, 1.165) is 5.82 Å². The summed E-state index contributed by atoms with van der Waals surface area (Å²) in [6.45, 7) is 1.15. The minimum absolute atomic E-state index is 0.320. The lowest BCUT2D eigenvalue weighted by Gasteiger charge is -2.17. The van der Waals surface area contributed by atoms with Gasteiger partial charge >= 0.3 is 0 Å². The molecule has 0 saturated carbocycles. The summed E-state index contributed by atoms with van der Waals surface area (Å²) in [7, 11) is 3.85. The Morgan fingerprint density at radius 3 is 2.84 bits per heavy atom. The number of benzene rings is 1. The molecule has 1 aromatic heterocycles. The topological polar surface area (TPSA) is 44.9 Å². The lowest BCUT2D eigenvalue weighted by molar-refractivity contribution is 0.306. The Morgan fingerprint density at radius 1 is 1.42 bits per heavy atom. The van der Waals surface area contributed by atoms with Gasteiger partial charge in [-0.2, -0.15) is 5.26 Å². The zero-order valence-electron chi connectivity index (χ0n) is 11.0. The molecule has 0 spiro atoms. The van der Waals surface area contributed by atoms with Crippen molar-refractivity contribution < 1.29 is 4.39 Å². The predicted molar refractivity (Wildman–Crippen MR) is 69.5 cm³/mol. The van der Waals surface area contributed by atoms with Crippen molar-refractivity contribution in [3.8, 4) is 6.07 Å². The van der Waals surface area contributed by atoms with Gasteiger partial charge in [0.2, 0.25) is 0 Å². The largest absolute Gasteiger partial charge is 0.337 e. The maximum atomic E-state index is 13.2. The van der Waals surface area contributed by atoms with Crippen LogP contribution in [-0.4, -0.2) is 21.5 Å². The lowest BCUT2D eigenvalue weighted by atomic mass is 10.1. The summed E-state index contributed by atoms with van der Waals surface area (Å²) in [4.78, 5) is 6.24. The lowest BCUT2D eigenvalue weighted by Crippen LogP contribution is -2.20. The first kappa shape index (κ1) is 13.2. The molecule has 19 heavy (non-hydrogen) atoms. The van der Waals surface area contributed by atoms with E-state index in [1.165, 1.54) is 18.2 Å². The predicted octanol–water partition coefficient (Wildman–Crippen LogP) is 2.06. The van der Waals surface area contributed by atoms with Gasteiger partial charge in [-0.3, -0.25) is 4.90 Å². The highest BCUT2D eigenvalue weighted by Crippen LogP contribution is 2.13. The number of rotatable bonds is 4. The SMILES string of the molecule is CN(Cc1cc(F)ccc1C#N)Cc1nccn1C. The molecule has 0 saturated heterocycles. The van der Waals surface area contributed by atoms with Gasteiger partial charge < -0.3 is 4.57 Å². The highest BCUT2D eigenvalue weighted by atomic mass is 19.1. The van der Waals surface area contributed by atoms with Gasteiger partial charge in [-0.1, -0.05) is 0 Å². The second-order valence-corrected chi connectivity index (χ2v) is 4.54. The minimum Gasteiger partial charge on any atom is -0.337 e. The highest BCUT2D eigenvalue weighted by Gasteiger charge is 2.09. The molecule has 5 heteroatoms. The summed E-state index contributed by atoms with van der Waals surface area (Å²) in [6.07, 6.45) is 3.62. The van der Waals surface area contributed by atoms with E-state index in [-0.39, 0.29) is 5.82 Å². The van der Waals surface area contributed by atoms with Crippen molar-refractivity contribution in [3.63, 3.8) is 0 Å². The number of aryl methyl sites for hydroxylation is 1. The zero-order valence-corrected chi connectivity index (χ0v) is 11.0. The third-order valence-electron chi connectivity index (χ3n) is 2.96. The van der Waals surface area contributed by atoms with E-state index >= 15 is 0 Å². The maximum Gasteiger partial charge on any atom is 0.123 e. The van der Waals surface area contributed by atoms with Crippen LogP contribution in [0, 0.1) is 17.1 Å². The number of halogens is 1. The summed E-state index contributed by atoms with van der Waals surface area (Å²) < 4.78 is 15.2. The number of imidazole rings is 1. The van der Waals surface area contributed by atoms with Crippen LogP contribution in [-0.2, 0) is 20.1 Å². The third-order valence-corrected chi connectivity index (χ3v) is 2.96. The van der Waals surface area contributed by atoms with Crippen LogP contribution in [0.25, 0.3) is 0 Å². The van der Waals surface area contributed by atoms with Crippen molar-refractivity contribution >= 4 is 0 Å². The van der Waals surface area contributed by atoms with E-state index in [0.29, 0.717) is 24.2 Å². The van der Waals surface area contributed by atoms with Crippen LogP contribution in [0.15, 0.2) is 30.6 Å². The first-order valence-corrected chi connectivity index (χ1v) is 5.93. The molecule has 0 bridgehead atoms. The second kappa shape index (κ2) is 5.63. The summed E-state index contributed by atoms with van der Waals surface area (Å²) in [5, 5.41) is 9.02. The monoisotopic (exact) mass is 258 g/mol. The molecule has 0 aliphatic carbocycles. The fourth-order valence-electron chi connectivity index (χ4n) is 1.94. The van der Waals surface area contributed by atoms with Crippen LogP contribution in [0.5, 0.6) is 0 Å². The number of hydrogen-bond donors (Lipinski definition) is 0. The van der Waals surface area contributed by atoms with E-state index in [2.05, 4.69) is 11.1 Å². The van der Waals surface area contributed by atoms with Gasteiger partial charge in [0, 0.05) is 26.0 Å². The van der Waals surface area contributed by atoms with Crippen LogP contribution in [0.1, 0.15) is 17.0 Å². The number of nitriles is 1. The van der Waals surface area contributed by atoms with E-state index in [9.17, 15) is 4.39 Å². The Hall–Kier alpha value is -2.19. The van der Waals surface area contributed by atoms with Gasteiger partial charge in [-0.05, 0) is 30.8 Å². The molecular formula is C14H15FN4. The average Bonchev–Trinajstić information content (AvgIpc) is 2.75. The third kappa shape index (κ3) is 3.18. The molecule has 4 nitrogen and oxygen atoms in total. The zero-order chi connectivity index (χ0) is 13.8. The molecule has 0 N–H and O–H groups in total. The minimum atomic E-state index is -0.320. The summed E-state index contributed by atoms with van der Waals surface area (Å²) in [5.41, 5.74) is 1.20. The van der Waals surface area contributed by atoms with Crippen LogP contribution < -0.4 is 0 Å². The normalized spacial score (nSPS) is 10.7. The first-order chi connectivity index (χ1) is 9.10. The molecule has 0 unspecified atom stereocenters. The molecule has 0 amide bonds. The standard InChI is InChI=1S/C14H15FN4/c1-18(10-14-17-5-6-19(14)2)9-12-7-13(15)4-3-11(12)8-16/h3-7H,9-10H2,1-2H3. The second-order valence-electron chi connectivity index (χ2n) is 4.54. The van der Waals surface area contributed by atoms with E-state index in [4.69, 9.17) is 5.26 Å². The van der Waals surface area contributed by atoms with Gasteiger partial charge in [0.1, 0.15) is 11.6 Å². The number of nitrogens with zero attached hydrogens (tertiary/aromatic N) is 4. The molecular weight excluding hydrogens is 243 g/mol. The Morgan fingerprint density at radius 2 is 2.21 bits per heavy atom. The first-order valence-electron chi connectivity index (χ1n) is 5.93.